The summed E-state index contributed by atoms with van der Waals surface area (Å²) < 4.78 is 31.4. The molecule has 0 aliphatic rings. The largest absolute Gasteiger partial charge is 0.465 e. The van der Waals surface area contributed by atoms with Gasteiger partial charge in [0.25, 0.3) is 0 Å². The van der Waals surface area contributed by atoms with Crippen molar-refractivity contribution in [2.45, 2.75) is 30.7 Å². The third-order valence-corrected chi connectivity index (χ3v) is 4.37. The molecule has 7 heteroatoms. The summed E-state index contributed by atoms with van der Waals surface area (Å²) in [5.74, 6) is -0.507. The number of methoxy groups -OCH3 is 1. The van der Waals surface area contributed by atoms with E-state index in [0.717, 1.165) is 6.42 Å². The first kappa shape index (κ1) is 16.6. The molecule has 112 valence electrons. The van der Waals surface area contributed by atoms with Gasteiger partial charge in [-0.3, -0.25) is 0 Å². The second-order valence-corrected chi connectivity index (χ2v) is 6.07. The number of hydrogen-bond donors (Lipinski definition) is 2. The number of esters is 1. The first-order valence-electron chi connectivity index (χ1n) is 6.35. The van der Waals surface area contributed by atoms with Crippen LogP contribution in [0.3, 0.4) is 0 Å². The number of carbonyl (C=O) groups is 1. The average molecular weight is 300 g/mol. The van der Waals surface area contributed by atoms with E-state index in [1.165, 1.54) is 31.4 Å². The van der Waals surface area contributed by atoms with Crippen LogP contribution in [0.2, 0.25) is 0 Å². The van der Waals surface area contributed by atoms with Gasteiger partial charge in [-0.15, -0.1) is 0 Å². The van der Waals surface area contributed by atoms with Crippen LogP contribution in [0.4, 0.5) is 0 Å². The molecule has 20 heavy (non-hydrogen) atoms. The van der Waals surface area contributed by atoms with E-state index >= 15 is 0 Å². The summed E-state index contributed by atoms with van der Waals surface area (Å²) >= 11 is 0. The normalized spacial score (nSPS) is 12.9. The van der Waals surface area contributed by atoms with Gasteiger partial charge in [-0.25, -0.2) is 17.9 Å². The molecule has 0 aromatic heterocycles. The van der Waals surface area contributed by atoms with Gasteiger partial charge in [-0.2, -0.15) is 0 Å². The first-order valence-corrected chi connectivity index (χ1v) is 7.83. The van der Waals surface area contributed by atoms with Crippen molar-refractivity contribution >= 4 is 16.0 Å². The van der Waals surface area contributed by atoms with E-state index in [-0.39, 0.29) is 17.5 Å². The van der Waals surface area contributed by atoms with E-state index < -0.39 is 16.0 Å². The number of nitrogens with two attached hydrogens (primary N) is 1. The van der Waals surface area contributed by atoms with Crippen LogP contribution in [-0.2, 0) is 14.8 Å². The minimum absolute atomic E-state index is 0.0970. The Morgan fingerprint density at radius 1 is 1.35 bits per heavy atom. The van der Waals surface area contributed by atoms with E-state index in [1.807, 2.05) is 6.92 Å². The lowest BCUT2D eigenvalue weighted by molar-refractivity contribution is 0.0600. The predicted molar refractivity (Wildman–Crippen MR) is 75.9 cm³/mol. The fourth-order valence-corrected chi connectivity index (χ4v) is 3.03. The molecule has 0 fully saturated rings. The maximum absolute atomic E-state index is 12.1. The van der Waals surface area contributed by atoms with Crippen molar-refractivity contribution in [1.29, 1.82) is 0 Å². The molecule has 1 aromatic carbocycles. The molecule has 0 heterocycles. The molecule has 1 rings (SSSR count). The van der Waals surface area contributed by atoms with Gasteiger partial charge in [-0.1, -0.05) is 13.3 Å². The van der Waals surface area contributed by atoms with Crippen molar-refractivity contribution < 1.29 is 17.9 Å². The zero-order valence-corrected chi connectivity index (χ0v) is 12.4. The van der Waals surface area contributed by atoms with Crippen LogP contribution in [0.25, 0.3) is 0 Å². The highest BCUT2D eigenvalue weighted by atomic mass is 32.2. The molecule has 0 saturated heterocycles. The predicted octanol–water partition coefficient (Wildman–Crippen LogP) is 0.879. The third-order valence-electron chi connectivity index (χ3n) is 2.83. The summed E-state index contributed by atoms with van der Waals surface area (Å²) in [7, 11) is -2.36. The maximum atomic E-state index is 12.1. The number of carbonyl (C=O) groups excluding carboxylic acids is 1. The number of nitrogens with one attached hydrogen (secondary N) is 1. The number of benzene rings is 1. The molecule has 1 unspecified atom stereocenters. The van der Waals surface area contributed by atoms with Crippen LogP contribution in [0.15, 0.2) is 29.2 Å². The van der Waals surface area contributed by atoms with Gasteiger partial charge in [0.05, 0.1) is 17.6 Å². The van der Waals surface area contributed by atoms with E-state index in [2.05, 4.69) is 9.46 Å². The number of ether oxygens (including phenoxy) is 1. The highest BCUT2D eigenvalue weighted by Gasteiger charge is 2.19. The molecule has 0 radical (unpaired) electrons. The molecule has 3 N–H and O–H groups in total. The van der Waals surface area contributed by atoms with E-state index in [0.29, 0.717) is 12.0 Å². The fourth-order valence-electron chi connectivity index (χ4n) is 1.75. The Bertz CT molecular complexity index is 540. The highest BCUT2D eigenvalue weighted by Crippen LogP contribution is 2.12. The van der Waals surface area contributed by atoms with Crippen LogP contribution in [0.1, 0.15) is 30.1 Å². The van der Waals surface area contributed by atoms with Crippen LogP contribution in [0.5, 0.6) is 0 Å². The Kier molecular flexibility index (Phi) is 6.12. The lowest BCUT2D eigenvalue weighted by Crippen LogP contribution is -2.39. The Labute approximate surface area is 119 Å². The van der Waals surface area contributed by atoms with Gasteiger partial charge >= 0.3 is 5.97 Å². The van der Waals surface area contributed by atoms with Crippen molar-refractivity contribution in [2.75, 3.05) is 13.7 Å². The Balaban J connectivity index is 2.90. The van der Waals surface area contributed by atoms with Crippen molar-refractivity contribution in [2.24, 2.45) is 5.73 Å². The van der Waals surface area contributed by atoms with Crippen molar-refractivity contribution in [1.82, 2.24) is 4.72 Å². The van der Waals surface area contributed by atoms with Gasteiger partial charge in [0.1, 0.15) is 0 Å². The summed E-state index contributed by atoms with van der Waals surface area (Å²) in [6.07, 6.45) is 1.52. The average Bonchev–Trinajstić information content (AvgIpc) is 2.45. The Morgan fingerprint density at radius 2 is 1.95 bits per heavy atom. The van der Waals surface area contributed by atoms with E-state index in [4.69, 9.17) is 5.73 Å². The minimum atomic E-state index is -3.63. The maximum Gasteiger partial charge on any atom is 0.337 e. The van der Waals surface area contributed by atoms with Gasteiger partial charge in [0.15, 0.2) is 0 Å². The quantitative estimate of drug-likeness (QED) is 0.728. The van der Waals surface area contributed by atoms with Crippen molar-refractivity contribution in [3.63, 3.8) is 0 Å². The van der Waals surface area contributed by atoms with E-state index in [9.17, 15) is 13.2 Å². The highest BCUT2D eigenvalue weighted by molar-refractivity contribution is 7.89. The van der Waals surface area contributed by atoms with Crippen LogP contribution in [0, 0.1) is 0 Å². The number of sulfonamides is 1. The lowest BCUT2D eigenvalue weighted by atomic mass is 10.2. The molecule has 1 atom stereocenters. The topological polar surface area (TPSA) is 98.5 Å². The molecule has 1 aromatic rings. The summed E-state index contributed by atoms with van der Waals surface area (Å²) in [6, 6.07) is 5.28. The molecular weight excluding hydrogens is 280 g/mol. The third kappa shape index (κ3) is 4.29. The Hall–Kier alpha value is -1.44. The first-order chi connectivity index (χ1) is 9.44. The van der Waals surface area contributed by atoms with Gasteiger partial charge in [0.2, 0.25) is 10.0 Å². The van der Waals surface area contributed by atoms with Crippen molar-refractivity contribution in [3.05, 3.63) is 29.8 Å². The number of rotatable bonds is 7. The van der Waals surface area contributed by atoms with E-state index in [1.54, 1.807) is 0 Å². The zero-order chi connectivity index (χ0) is 15.2. The standard InChI is InChI=1S/C13H20N2O4S/c1-3-4-11(9-14)15-20(17,18)12-7-5-10(6-8-12)13(16)19-2/h5-8,11,15H,3-4,9,14H2,1-2H3. The van der Waals surface area contributed by atoms with Gasteiger partial charge in [-0.05, 0) is 30.7 Å². The molecular formula is C13H20N2O4S. The summed E-state index contributed by atoms with van der Waals surface area (Å²) in [4.78, 5) is 11.4. The van der Waals surface area contributed by atoms with Gasteiger partial charge in [0, 0.05) is 12.6 Å². The lowest BCUT2D eigenvalue weighted by Gasteiger charge is -2.16. The molecule has 0 aliphatic carbocycles. The number of hydrogen-bond acceptors (Lipinski definition) is 5. The van der Waals surface area contributed by atoms with Crippen LogP contribution in [-0.4, -0.2) is 34.1 Å². The molecule has 6 nitrogen and oxygen atoms in total. The second-order valence-electron chi connectivity index (χ2n) is 4.36. The summed E-state index contributed by atoms with van der Waals surface area (Å²) in [5, 5.41) is 0. The Morgan fingerprint density at radius 3 is 2.40 bits per heavy atom. The molecule has 0 aliphatic heterocycles. The molecule has 0 bridgehead atoms. The second kappa shape index (κ2) is 7.37. The fraction of sp³-hybridized carbons (Fsp3) is 0.462. The van der Waals surface area contributed by atoms with Crippen molar-refractivity contribution in [3.8, 4) is 0 Å². The van der Waals surface area contributed by atoms with Crippen LogP contribution < -0.4 is 10.5 Å². The van der Waals surface area contributed by atoms with Crippen LogP contribution >= 0.6 is 0 Å². The SMILES string of the molecule is CCCC(CN)NS(=O)(=O)c1ccc(C(=O)OC)cc1. The zero-order valence-electron chi connectivity index (χ0n) is 11.6. The van der Waals surface area contributed by atoms with Gasteiger partial charge < -0.3 is 10.5 Å². The smallest absolute Gasteiger partial charge is 0.337 e. The molecule has 0 spiro atoms. The monoisotopic (exact) mass is 300 g/mol. The molecule has 0 amide bonds. The molecule has 0 saturated carbocycles. The summed E-state index contributed by atoms with van der Waals surface area (Å²) in [6.45, 7) is 2.20. The minimum Gasteiger partial charge on any atom is -0.465 e. The summed E-state index contributed by atoms with van der Waals surface area (Å²) in [5.41, 5.74) is 5.84.